The molecule has 0 saturated carbocycles. The molecule has 0 radical (unpaired) electrons. The first kappa shape index (κ1) is 26.3. The molecule has 2 aromatic heterocycles. The number of urea groups is 1. The highest BCUT2D eigenvalue weighted by Gasteiger charge is 2.22. The standard InChI is InChI=1S/C20H27N7O6S/c1-11(2)8-23-18(32)13(3-4-16(29)30)25-14(28)9-24-17(31)12-7-15(34-10-12)26-20(33)27-19-21-5-6-22-19/h5-7,10-11,13H,3-4,8-9H2,1-2H3,(H,23,32)(H,24,31)(H,25,28)(H,29,30)(H3,21,22,26,27,33). The van der Waals surface area contributed by atoms with Gasteiger partial charge in [0.2, 0.25) is 17.8 Å². The average molecular weight is 494 g/mol. The van der Waals surface area contributed by atoms with E-state index in [4.69, 9.17) is 5.11 Å². The second kappa shape index (κ2) is 12.9. The normalized spacial score (nSPS) is 11.4. The topological polar surface area (TPSA) is 194 Å². The van der Waals surface area contributed by atoms with Crippen LogP contribution in [0, 0.1) is 5.92 Å². The number of thiophene rings is 1. The second-order valence-corrected chi connectivity index (χ2v) is 8.50. The first-order valence-corrected chi connectivity index (χ1v) is 11.2. The van der Waals surface area contributed by atoms with Gasteiger partial charge < -0.3 is 26.0 Å². The van der Waals surface area contributed by atoms with Gasteiger partial charge in [-0.05, 0) is 18.4 Å². The molecule has 34 heavy (non-hydrogen) atoms. The maximum absolute atomic E-state index is 12.3. The summed E-state index contributed by atoms with van der Waals surface area (Å²) in [5.41, 5.74) is 0.225. The van der Waals surface area contributed by atoms with Crippen molar-refractivity contribution in [1.29, 1.82) is 0 Å². The molecule has 184 valence electrons. The van der Waals surface area contributed by atoms with Crippen molar-refractivity contribution in [2.24, 2.45) is 5.92 Å². The van der Waals surface area contributed by atoms with Crippen molar-refractivity contribution < 1.29 is 29.1 Å². The van der Waals surface area contributed by atoms with E-state index in [9.17, 15) is 24.0 Å². The minimum atomic E-state index is -1.09. The van der Waals surface area contributed by atoms with Crippen LogP contribution < -0.4 is 26.6 Å². The molecule has 2 aromatic rings. The van der Waals surface area contributed by atoms with Crippen molar-refractivity contribution in [3.8, 4) is 0 Å². The summed E-state index contributed by atoms with van der Waals surface area (Å²) in [7, 11) is 0. The molecule has 14 heteroatoms. The first-order valence-electron chi connectivity index (χ1n) is 10.4. The Balaban J connectivity index is 1.83. The van der Waals surface area contributed by atoms with E-state index < -0.39 is 42.3 Å². The number of hydrogen-bond acceptors (Lipinski definition) is 7. The van der Waals surface area contributed by atoms with E-state index in [1.54, 1.807) is 6.20 Å². The fraction of sp³-hybridized carbons (Fsp3) is 0.400. The van der Waals surface area contributed by atoms with Crippen molar-refractivity contribution >= 4 is 52.0 Å². The Kier molecular flexibility index (Phi) is 10.0. The summed E-state index contributed by atoms with van der Waals surface area (Å²) in [6.45, 7) is 3.76. The summed E-state index contributed by atoms with van der Waals surface area (Å²) in [6.07, 6.45) is 2.64. The van der Waals surface area contributed by atoms with Gasteiger partial charge in [-0.25, -0.2) is 9.78 Å². The Morgan fingerprint density at radius 3 is 2.56 bits per heavy atom. The Morgan fingerprint density at radius 1 is 1.15 bits per heavy atom. The number of rotatable bonds is 12. The maximum Gasteiger partial charge on any atom is 0.326 e. The van der Waals surface area contributed by atoms with Crippen molar-refractivity contribution in [1.82, 2.24) is 25.9 Å². The zero-order valence-electron chi connectivity index (χ0n) is 18.6. The Labute approximate surface area is 199 Å². The lowest BCUT2D eigenvalue weighted by atomic mass is 10.1. The summed E-state index contributed by atoms with van der Waals surface area (Å²) in [4.78, 5) is 66.2. The van der Waals surface area contributed by atoms with E-state index in [0.29, 0.717) is 11.5 Å². The fourth-order valence-electron chi connectivity index (χ4n) is 2.58. The molecule has 0 saturated heterocycles. The van der Waals surface area contributed by atoms with Gasteiger partial charge in [0.25, 0.3) is 5.91 Å². The average Bonchev–Trinajstić information content (AvgIpc) is 3.45. The molecular weight excluding hydrogens is 466 g/mol. The maximum atomic E-state index is 12.3. The van der Waals surface area contributed by atoms with Crippen molar-refractivity contribution in [3.05, 3.63) is 29.4 Å². The molecule has 0 aliphatic heterocycles. The van der Waals surface area contributed by atoms with Crippen LogP contribution in [-0.2, 0) is 14.4 Å². The van der Waals surface area contributed by atoms with Gasteiger partial charge in [-0.15, -0.1) is 11.3 Å². The quantitative estimate of drug-likeness (QED) is 0.229. The number of aromatic amines is 1. The van der Waals surface area contributed by atoms with Gasteiger partial charge in [0.1, 0.15) is 6.04 Å². The van der Waals surface area contributed by atoms with Crippen LogP contribution in [-0.4, -0.2) is 63.9 Å². The number of carboxylic acid groups (broad SMARTS) is 1. The predicted octanol–water partition coefficient (Wildman–Crippen LogP) is 0.967. The number of amides is 5. The molecule has 1 unspecified atom stereocenters. The number of hydrogen-bond donors (Lipinski definition) is 7. The van der Waals surface area contributed by atoms with Gasteiger partial charge in [-0.2, -0.15) is 0 Å². The zero-order valence-corrected chi connectivity index (χ0v) is 19.5. The third-order valence-corrected chi connectivity index (χ3v) is 5.07. The van der Waals surface area contributed by atoms with E-state index in [1.807, 2.05) is 13.8 Å². The Morgan fingerprint density at radius 2 is 1.91 bits per heavy atom. The molecule has 13 nitrogen and oxygen atoms in total. The van der Waals surface area contributed by atoms with E-state index in [2.05, 4.69) is 36.6 Å². The zero-order chi connectivity index (χ0) is 25.1. The minimum Gasteiger partial charge on any atom is -0.481 e. The van der Waals surface area contributed by atoms with E-state index in [1.165, 1.54) is 17.6 Å². The number of nitrogens with one attached hydrogen (secondary N) is 6. The molecule has 2 heterocycles. The van der Waals surface area contributed by atoms with Crippen LogP contribution in [0.1, 0.15) is 37.0 Å². The molecule has 5 amide bonds. The molecule has 7 N–H and O–H groups in total. The monoisotopic (exact) mass is 493 g/mol. The van der Waals surface area contributed by atoms with Gasteiger partial charge in [0, 0.05) is 30.7 Å². The lowest BCUT2D eigenvalue weighted by Gasteiger charge is -2.18. The highest BCUT2D eigenvalue weighted by atomic mass is 32.1. The number of anilines is 2. The summed E-state index contributed by atoms with van der Waals surface area (Å²) >= 11 is 1.11. The largest absolute Gasteiger partial charge is 0.481 e. The summed E-state index contributed by atoms with van der Waals surface area (Å²) in [5.74, 6) is -2.34. The van der Waals surface area contributed by atoms with Crippen molar-refractivity contribution in [3.63, 3.8) is 0 Å². The Hall–Kier alpha value is -3.94. The molecule has 0 aliphatic carbocycles. The SMILES string of the molecule is CC(C)CNC(=O)C(CCC(=O)O)NC(=O)CNC(=O)c1csc(NC(=O)Nc2ncc[nH]2)c1. The highest BCUT2D eigenvalue weighted by molar-refractivity contribution is 7.14. The van der Waals surface area contributed by atoms with Gasteiger partial charge in [-0.3, -0.25) is 29.8 Å². The molecule has 0 aromatic carbocycles. The van der Waals surface area contributed by atoms with Crippen LogP contribution >= 0.6 is 11.3 Å². The molecule has 0 spiro atoms. The van der Waals surface area contributed by atoms with Crippen molar-refractivity contribution in [2.45, 2.75) is 32.7 Å². The highest BCUT2D eigenvalue weighted by Crippen LogP contribution is 2.20. The Bertz CT molecular complexity index is 1000. The van der Waals surface area contributed by atoms with Crippen LogP contribution in [0.5, 0.6) is 0 Å². The fourth-order valence-corrected chi connectivity index (χ4v) is 3.35. The second-order valence-electron chi connectivity index (χ2n) is 7.59. The lowest BCUT2D eigenvalue weighted by Crippen LogP contribution is -2.50. The van der Waals surface area contributed by atoms with E-state index in [-0.39, 0.29) is 30.3 Å². The number of aromatic nitrogens is 2. The number of carbonyl (C=O) groups is 5. The first-order chi connectivity index (χ1) is 16.1. The van der Waals surface area contributed by atoms with Crippen LogP contribution in [0.4, 0.5) is 15.7 Å². The van der Waals surface area contributed by atoms with Crippen LogP contribution in [0.25, 0.3) is 0 Å². The van der Waals surface area contributed by atoms with Gasteiger partial charge in [0.15, 0.2) is 0 Å². The third kappa shape index (κ3) is 9.28. The van der Waals surface area contributed by atoms with Gasteiger partial charge >= 0.3 is 12.0 Å². The van der Waals surface area contributed by atoms with Gasteiger partial charge in [0.05, 0.1) is 17.1 Å². The van der Waals surface area contributed by atoms with Gasteiger partial charge in [-0.1, -0.05) is 13.8 Å². The smallest absolute Gasteiger partial charge is 0.326 e. The number of H-pyrrole nitrogens is 1. The van der Waals surface area contributed by atoms with Crippen LogP contribution in [0.15, 0.2) is 23.8 Å². The molecule has 1 atom stereocenters. The molecule has 2 rings (SSSR count). The third-order valence-electron chi connectivity index (χ3n) is 4.22. The number of imidazole rings is 1. The van der Waals surface area contributed by atoms with E-state index >= 15 is 0 Å². The van der Waals surface area contributed by atoms with E-state index in [0.717, 1.165) is 11.3 Å². The molecule has 0 aliphatic rings. The lowest BCUT2D eigenvalue weighted by molar-refractivity contribution is -0.137. The number of aliphatic carboxylic acids is 1. The number of carbonyl (C=O) groups excluding carboxylic acids is 4. The molecule has 0 bridgehead atoms. The summed E-state index contributed by atoms with van der Waals surface area (Å²) in [5, 5.41) is 23.4. The summed E-state index contributed by atoms with van der Waals surface area (Å²) in [6, 6.07) is -0.149. The van der Waals surface area contributed by atoms with Crippen molar-refractivity contribution in [2.75, 3.05) is 23.7 Å². The summed E-state index contributed by atoms with van der Waals surface area (Å²) < 4.78 is 0. The number of nitrogens with zero attached hydrogens (tertiary/aromatic N) is 1. The molecule has 0 fully saturated rings. The predicted molar refractivity (Wildman–Crippen MR) is 125 cm³/mol. The minimum absolute atomic E-state index is 0.0847. The number of carboxylic acids is 1. The van der Waals surface area contributed by atoms with Crippen LogP contribution in [0.2, 0.25) is 0 Å². The molecular formula is C20H27N7O6S. The van der Waals surface area contributed by atoms with Crippen LogP contribution in [0.3, 0.4) is 0 Å².